The summed E-state index contributed by atoms with van der Waals surface area (Å²) in [7, 11) is -1.95. The summed E-state index contributed by atoms with van der Waals surface area (Å²) in [5.41, 5.74) is 1.64. The van der Waals surface area contributed by atoms with Gasteiger partial charge in [0.25, 0.3) is 0 Å². The first-order valence-corrected chi connectivity index (χ1v) is 13.8. The van der Waals surface area contributed by atoms with Gasteiger partial charge in [-0.05, 0) is 37.1 Å². The lowest BCUT2D eigenvalue weighted by molar-refractivity contribution is -0.130. The molecule has 36 heavy (non-hydrogen) atoms. The first kappa shape index (κ1) is 27.9. The van der Waals surface area contributed by atoms with Crippen LogP contribution in [0, 0.1) is 0 Å². The fourth-order valence-corrected chi connectivity index (χ4v) is 6.17. The summed E-state index contributed by atoms with van der Waals surface area (Å²) in [6, 6.07) is 11.9. The molecular formula is C24H28Cl2N4O5S. The van der Waals surface area contributed by atoms with Gasteiger partial charge in [-0.1, -0.05) is 53.5 Å². The van der Waals surface area contributed by atoms with Gasteiger partial charge in [0.2, 0.25) is 5.91 Å². The predicted molar refractivity (Wildman–Crippen MR) is 139 cm³/mol. The highest BCUT2D eigenvalue weighted by Gasteiger charge is 2.24. The Bertz CT molecular complexity index is 1220. The van der Waals surface area contributed by atoms with E-state index in [-0.39, 0.29) is 26.7 Å². The second kappa shape index (κ2) is 12.5. The Morgan fingerprint density at radius 1 is 1.11 bits per heavy atom. The Balaban J connectivity index is 1.39. The number of rotatable bonds is 11. The first-order chi connectivity index (χ1) is 17.1. The van der Waals surface area contributed by atoms with Gasteiger partial charge >= 0.3 is 6.09 Å². The quantitative estimate of drug-likeness (QED) is 0.406. The third kappa shape index (κ3) is 7.19. The molecule has 9 nitrogen and oxygen atoms in total. The summed E-state index contributed by atoms with van der Waals surface area (Å²) in [6.45, 7) is 1.65. The lowest BCUT2D eigenvalue weighted by Crippen LogP contribution is -2.33. The molecule has 0 aliphatic carbocycles. The number of carbonyl (C=O) groups excluding carboxylic acids is 1. The maximum Gasteiger partial charge on any atom is 0.413 e. The minimum absolute atomic E-state index is 0.0215. The van der Waals surface area contributed by atoms with E-state index in [9.17, 15) is 23.1 Å². The van der Waals surface area contributed by atoms with E-state index in [0.717, 1.165) is 11.1 Å². The summed E-state index contributed by atoms with van der Waals surface area (Å²) in [5, 5.41) is 12.3. The molecule has 0 saturated heterocycles. The summed E-state index contributed by atoms with van der Waals surface area (Å²) < 4.78 is 25.0. The number of nitrogens with one attached hydrogen (secondary N) is 1. The Kier molecular flexibility index (Phi) is 9.72. The second-order valence-corrected chi connectivity index (χ2v) is 11.1. The number of benzene rings is 2. The molecule has 0 fully saturated rings. The molecule has 0 spiro atoms. The fraction of sp³-hybridized carbons (Fsp3) is 0.375. The van der Waals surface area contributed by atoms with Crippen LogP contribution in [0.2, 0.25) is 10.0 Å². The lowest BCUT2D eigenvalue weighted by Gasteiger charge is -2.18. The molecular weight excluding hydrogens is 527 g/mol. The number of aliphatic imine (C=N–C) groups is 1. The van der Waals surface area contributed by atoms with Crippen LogP contribution in [0.5, 0.6) is 0 Å². The van der Waals surface area contributed by atoms with E-state index in [2.05, 4.69) is 10.3 Å². The predicted octanol–water partition coefficient (Wildman–Crippen LogP) is 3.88. The normalized spacial score (nSPS) is 13.5. The molecule has 0 aromatic heterocycles. The molecule has 2 amide bonds. The van der Waals surface area contributed by atoms with E-state index in [1.807, 2.05) is 24.3 Å². The summed E-state index contributed by atoms with van der Waals surface area (Å²) >= 11 is 12.0. The zero-order chi connectivity index (χ0) is 26.3. The smallest absolute Gasteiger partial charge is 0.413 e. The molecule has 2 aromatic carbocycles. The van der Waals surface area contributed by atoms with Gasteiger partial charge in [-0.3, -0.25) is 14.7 Å². The number of nitrogens with zero attached hydrogens (tertiary/aromatic N) is 3. The minimum atomic E-state index is -3.68. The third-order valence-electron chi connectivity index (χ3n) is 5.65. The zero-order valence-electron chi connectivity index (χ0n) is 19.8. The highest BCUT2D eigenvalue weighted by atomic mass is 35.5. The van der Waals surface area contributed by atoms with Crippen molar-refractivity contribution in [2.75, 3.05) is 32.6 Å². The highest BCUT2D eigenvalue weighted by molar-refractivity contribution is 7.91. The van der Waals surface area contributed by atoms with Crippen LogP contribution >= 0.6 is 23.2 Å². The van der Waals surface area contributed by atoms with Crippen LogP contribution in [-0.4, -0.2) is 73.7 Å². The van der Waals surface area contributed by atoms with Crippen molar-refractivity contribution in [2.24, 2.45) is 4.99 Å². The number of hydrogen-bond donors (Lipinski definition) is 2. The standard InChI is InChI=1S/C24H28Cl2N4O5S/c1-29(15-17-8-10-18(11-9-17)23-28-13-14-30(23)24(32)33)21(31)7-2-3-12-27-16-36(34,35)22-19(25)5-4-6-20(22)26/h4-6,8-11,27H,2-3,7,12-16H2,1H3,(H,32,33). The molecule has 0 bridgehead atoms. The second-order valence-electron chi connectivity index (χ2n) is 8.35. The number of amidine groups is 1. The van der Waals surface area contributed by atoms with Crippen LogP contribution in [0.3, 0.4) is 0 Å². The first-order valence-electron chi connectivity index (χ1n) is 11.4. The van der Waals surface area contributed by atoms with Gasteiger partial charge in [0, 0.05) is 25.6 Å². The van der Waals surface area contributed by atoms with E-state index in [1.165, 1.54) is 17.0 Å². The van der Waals surface area contributed by atoms with Gasteiger partial charge in [0.1, 0.15) is 16.6 Å². The van der Waals surface area contributed by atoms with Gasteiger partial charge in [-0.15, -0.1) is 0 Å². The summed E-state index contributed by atoms with van der Waals surface area (Å²) in [6.07, 6.45) is 0.543. The average molecular weight is 555 g/mol. The number of amides is 2. The number of unbranched alkanes of at least 4 members (excludes halogenated alkanes) is 1. The fourth-order valence-electron chi connectivity index (χ4n) is 3.78. The third-order valence-corrected chi connectivity index (χ3v) is 8.15. The molecule has 1 heterocycles. The molecule has 194 valence electrons. The van der Waals surface area contributed by atoms with Crippen molar-refractivity contribution < 1.29 is 23.1 Å². The highest BCUT2D eigenvalue weighted by Crippen LogP contribution is 2.29. The van der Waals surface area contributed by atoms with E-state index < -0.39 is 15.9 Å². The largest absolute Gasteiger partial charge is 0.465 e. The van der Waals surface area contributed by atoms with Gasteiger partial charge in [0.15, 0.2) is 9.84 Å². The molecule has 2 N–H and O–H groups in total. The monoisotopic (exact) mass is 554 g/mol. The van der Waals surface area contributed by atoms with Crippen LogP contribution < -0.4 is 5.32 Å². The van der Waals surface area contributed by atoms with Gasteiger partial charge in [-0.2, -0.15) is 0 Å². The van der Waals surface area contributed by atoms with Crippen LogP contribution in [-0.2, 0) is 21.2 Å². The van der Waals surface area contributed by atoms with Gasteiger partial charge in [-0.25, -0.2) is 13.2 Å². The van der Waals surface area contributed by atoms with Gasteiger partial charge in [0.05, 0.1) is 23.1 Å². The number of hydrogen-bond acceptors (Lipinski definition) is 6. The molecule has 1 aliphatic rings. The number of sulfone groups is 1. The molecule has 0 saturated carbocycles. The van der Waals surface area contributed by atoms with Crippen molar-refractivity contribution in [2.45, 2.75) is 30.7 Å². The zero-order valence-corrected chi connectivity index (χ0v) is 22.1. The molecule has 12 heteroatoms. The number of halogens is 2. The van der Waals surface area contributed by atoms with Crippen LogP contribution in [0.1, 0.15) is 30.4 Å². The summed E-state index contributed by atoms with van der Waals surface area (Å²) in [4.78, 5) is 30.8. The van der Waals surface area contributed by atoms with E-state index in [0.29, 0.717) is 51.3 Å². The Hall–Kier alpha value is -2.66. The van der Waals surface area contributed by atoms with Crippen LogP contribution in [0.15, 0.2) is 52.4 Å². The minimum Gasteiger partial charge on any atom is -0.465 e. The van der Waals surface area contributed by atoms with Crippen LogP contribution in [0.4, 0.5) is 4.79 Å². The SMILES string of the molecule is CN(Cc1ccc(C2=NCCN2C(=O)O)cc1)C(=O)CCCCNCS(=O)(=O)c1c(Cl)cccc1Cl. The topological polar surface area (TPSA) is 119 Å². The maximum atomic E-state index is 12.5. The number of carbonyl (C=O) groups is 2. The Labute approximate surface area is 220 Å². The van der Waals surface area contributed by atoms with E-state index >= 15 is 0 Å². The lowest BCUT2D eigenvalue weighted by atomic mass is 10.1. The molecule has 0 radical (unpaired) electrons. The Morgan fingerprint density at radius 2 is 1.78 bits per heavy atom. The molecule has 0 unspecified atom stereocenters. The molecule has 3 rings (SSSR count). The average Bonchev–Trinajstić information content (AvgIpc) is 3.32. The van der Waals surface area contributed by atoms with Crippen molar-refractivity contribution in [3.05, 3.63) is 63.6 Å². The van der Waals surface area contributed by atoms with Crippen molar-refractivity contribution in [1.29, 1.82) is 0 Å². The van der Waals surface area contributed by atoms with Crippen LogP contribution in [0.25, 0.3) is 0 Å². The number of carboxylic acid groups (broad SMARTS) is 1. The van der Waals surface area contributed by atoms with Crippen molar-refractivity contribution in [3.8, 4) is 0 Å². The Morgan fingerprint density at radius 3 is 2.42 bits per heavy atom. The van der Waals surface area contributed by atoms with Crippen molar-refractivity contribution in [3.63, 3.8) is 0 Å². The molecule has 1 aliphatic heterocycles. The maximum absolute atomic E-state index is 12.5. The van der Waals surface area contributed by atoms with Crippen molar-refractivity contribution in [1.82, 2.24) is 15.1 Å². The summed E-state index contributed by atoms with van der Waals surface area (Å²) in [5.74, 6) is 0.123. The van der Waals surface area contributed by atoms with Gasteiger partial charge < -0.3 is 15.3 Å². The van der Waals surface area contributed by atoms with E-state index in [1.54, 1.807) is 18.0 Å². The van der Waals surface area contributed by atoms with E-state index in [4.69, 9.17) is 23.2 Å². The molecule has 0 atom stereocenters. The van der Waals surface area contributed by atoms with Crippen molar-refractivity contribution >= 4 is 50.9 Å². The molecule has 2 aromatic rings.